The Hall–Kier alpha value is -3.93. The van der Waals surface area contributed by atoms with Crippen molar-refractivity contribution in [3.8, 4) is 11.1 Å². The molecule has 376 valence electrons. The molecule has 1 N–H and O–H groups in total. The average molecular weight is 949 g/mol. The molecule has 0 radical (unpaired) electrons. The normalized spacial score (nSPS) is 13.2. The van der Waals surface area contributed by atoms with Gasteiger partial charge in [-0.05, 0) is 28.7 Å². The quantitative estimate of drug-likeness (QED) is 0.0751. The number of benzene rings is 2. The highest BCUT2D eigenvalue weighted by molar-refractivity contribution is 6.12. The van der Waals surface area contributed by atoms with Crippen LogP contribution < -0.4 is 5.32 Å². The number of ether oxygens (including phenoxy) is 14. The van der Waals surface area contributed by atoms with Gasteiger partial charge in [0.15, 0.2) is 0 Å². The molecule has 0 atom stereocenters. The number of nitrogens with one attached hydrogen (secondary N) is 1. The smallest absolute Gasteiger partial charge is 0.407 e. The van der Waals surface area contributed by atoms with Crippen LogP contribution in [0.3, 0.4) is 0 Å². The topological polar surface area (TPSA) is 196 Å². The van der Waals surface area contributed by atoms with E-state index in [4.69, 9.17) is 66.3 Å². The first-order valence-electron chi connectivity index (χ1n) is 23.3. The Bertz CT molecular complexity index is 1570. The molecule has 0 bridgehead atoms. The van der Waals surface area contributed by atoms with Gasteiger partial charge < -0.3 is 71.6 Å². The highest BCUT2D eigenvalue weighted by Crippen LogP contribution is 2.44. The summed E-state index contributed by atoms with van der Waals surface area (Å²) in [6.07, 6.45) is 2.76. The zero-order valence-electron chi connectivity index (χ0n) is 39.0. The molecular formula is C48H72N2O17. The molecule has 0 saturated heterocycles. The Morgan fingerprint density at radius 3 is 1.06 bits per heavy atom. The molecule has 0 aromatic heterocycles. The summed E-state index contributed by atoms with van der Waals surface area (Å²) in [6, 6.07) is 16.5. The highest BCUT2D eigenvalue weighted by Gasteiger charge is 2.29. The number of alkyl carbamates (subject to hydrolysis) is 1. The molecule has 4 rings (SSSR count). The Morgan fingerprint density at radius 2 is 0.716 bits per heavy atom. The summed E-state index contributed by atoms with van der Waals surface area (Å²) in [5.41, 5.74) is 4.79. The third-order valence-electron chi connectivity index (χ3n) is 9.90. The maximum absolute atomic E-state index is 12.3. The van der Waals surface area contributed by atoms with Gasteiger partial charge in [0.2, 0.25) is 0 Å². The summed E-state index contributed by atoms with van der Waals surface area (Å²) in [7, 11) is 0. The molecule has 3 amide bonds. The number of nitrogens with zero attached hydrogens (tertiary/aromatic N) is 1. The summed E-state index contributed by atoms with van der Waals surface area (Å²) in [5, 5.41) is 2.80. The van der Waals surface area contributed by atoms with Crippen molar-refractivity contribution in [2.45, 2.75) is 12.3 Å². The molecule has 1 heterocycles. The van der Waals surface area contributed by atoms with Gasteiger partial charge in [-0.1, -0.05) is 48.5 Å². The van der Waals surface area contributed by atoms with E-state index >= 15 is 0 Å². The second-order valence-electron chi connectivity index (χ2n) is 14.7. The van der Waals surface area contributed by atoms with Crippen LogP contribution in [0.25, 0.3) is 11.1 Å². The van der Waals surface area contributed by atoms with Crippen molar-refractivity contribution in [2.24, 2.45) is 0 Å². The average Bonchev–Trinajstić information content (AvgIpc) is 3.84. The van der Waals surface area contributed by atoms with E-state index in [2.05, 4.69) is 29.6 Å². The van der Waals surface area contributed by atoms with Crippen LogP contribution in [0.5, 0.6) is 0 Å². The van der Waals surface area contributed by atoms with Crippen LogP contribution in [0.1, 0.15) is 23.5 Å². The monoisotopic (exact) mass is 948 g/mol. The van der Waals surface area contributed by atoms with Gasteiger partial charge in [-0.2, -0.15) is 0 Å². The molecule has 0 unspecified atom stereocenters. The molecule has 0 saturated carbocycles. The molecule has 2 aromatic rings. The number of carbonyl (C=O) groups is 3. The van der Waals surface area contributed by atoms with Gasteiger partial charge in [0.25, 0.3) is 11.8 Å². The van der Waals surface area contributed by atoms with Crippen molar-refractivity contribution < 1.29 is 80.7 Å². The second-order valence-corrected chi connectivity index (χ2v) is 14.7. The van der Waals surface area contributed by atoms with Crippen molar-refractivity contribution in [2.75, 3.05) is 191 Å². The van der Waals surface area contributed by atoms with Gasteiger partial charge >= 0.3 is 6.09 Å². The van der Waals surface area contributed by atoms with Crippen LogP contribution in [-0.4, -0.2) is 214 Å². The third-order valence-corrected chi connectivity index (χ3v) is 9.90. The van der Waals surface area contributed by atoms with Crippen LogP contribution in [0.2, 0.25) is 0 Å². The first-order chi connectivity index (χ1) is 33.1. The maximum Gasteiger partial charge on any atom is 0.407 e. The maximum atomic E-state index is 12.3. The number of rotatable bonds is 45. The Morgan fingerprint density at radius 1 is 0.418 bits per heavy atom. The lowest BCUT2D eigenvalue weighted by Crippen LogP contribution is -2.33. The molecule has 19 nitrogen and oxygen atoms in total. The van der Waals surface area contributed by atoms with Gasteiger partial charge in [0.1, 0.15) is 6.61 Å². The number of hydrogen-bond donors (Lipinski definition) is 1. The predicted octanol–water partition coefficient (Wildman–Crippen LogP) is 3.06. The molecule has 2 aliphatic rings. The van der Waals surface area contributed by atoms with Crippen LogP contribution in [0.4, 0.5) is 4.79 Å². The summed E-state index contributed by atoms with van der Waals surface area (Å²) in [4.78, 5) is 36.3. The van der Waals surface area contributed by atoms with E-state index in [0.717, 1.165) is 4.90 Å². The van der Waals surface area contributed by atoms with Crippen LogP contribution >= 0.6 is 0 Å². The molecule has 67 heavy (non-hydrogen) atoms. The summed E-state index contributed by atoms with van der Waals surface area (Å²) in [5.74, 6) is -0.580. The zero-order valence-corrected chi connectivity index (χ0v) is 39.0. The van der Waals surface area contributed by atoms with E-state index in [1.165, 1.54) is 34.4 Å². The van der Waals surface area contributed by atoms with Crippen molar-refractivity contribution in [3.05, 3.63) is 71.8 Å². The highest BCUT2D eigenvalue weighted by atomic mass is 16.6. The van der Waals surface area contributed by atoms with Crippen molar-refractivity contribution in [1.82, 2.24) is 10.2 Å². The van der Waals surface area contributed by atoms with Crippen molar-refractivity contribution in [3.63, 3.8) is 0 Å². The molecular weight excluding hydrogens is 877 g/mol. The van der Waals surface area contributed by atoms with Gasteiger partial charge in [-0.3, -0.25) is 14.5 Å². The van der Waals surface area contributed by atoms with Gasteiger partial charge in [0.05, 0.1) is 172 Å². The lowest BCUT2D eigenvalue weighted by molar-refractivity contribution is -0.137. The molecule has 1 aliphatic heterocycles. The van der Waals surface area contributed by atoms with E-state index in [1.54, 1.807) is 0 Å². The summed E-state index contributed by atoms with van der Waals surface area (Å²) >= 11 is 0. The van der Waals surface area contributed by atoms with Crippen molar-refractivity contribution >= 4 is 17.9 Å². The number of hydrogen-bond acceptors (Lipinski definition) is 17. The largest absolute Gasteiger partial charge is 0.449 e. The minimum Gasteiger partial charge on any atom is -0.449 e. The first kappa shape index (κ1) is 55.7. The standard InChI is InChI=1S/C48H72N2O17/c51-46-10-11-47(52)50(46)13-15-55-17-19-57-21-23-59-25-27-61-29-31-63-33-35-65-37-39-66-38-36-64-34-32-62-30-28-60-26-24-58-22-20-56-18-16-54-14-5-12-49-48(53)67-40-45-43-8-3-1-6-41(43)42-7-2-4-9-44(42)45/h1-4,6-11,45H,5,12-40H2,(H,49,53). The third kappa shape index (κ3) is 25.3. The number of carbonyl (C=O) groups excluding carboxylic acids is 3. The van der Waals surface area contributed by atoms with E-state index in [1.807, 2.05) is 24.3 Å². The van der Waals surface area contributed by atoms with Crippen LogP contribution in [0.15, 0.2) is 60.7 Å². The van der Waals surface area contributed by atoms with Gasteiger partial charge in [-0.25, -0.2) is 4.79 Å². The van der Waals surface area contributed by atoms with Crippen LogP contribution in [-0.2, 0) is 75.9 Å². The minimum absolute atomic E-state index is 0.0421. The SMILES string of the molecule is O=C(NCCCOCCOCCOCCOCCOCCOCCOCCOCCOCCOCCOCCOCCOCCN1C(=O)C=CC1=O)OCC1c2ccccc2-c2ccccc21. The summed E-state index contributed by atoms with van der Waals surface area (Å²) in [6.45, 7) is 12.9. The number of fused-ring (bicyclic) bond motifs is 3. The Kier molecular flexibility index (Phi) is 31.6. The van der Waals surface area contributed by atoms with Crippen molar-refractivity contribution in [1.29, 1.82) is 0 Å². The fourth-order valence-corrected chi connectivity index (χ4v) is 6.56. The lowest BCUT2D eigenvalue weighted by atomic mass is 9.98. The van der Waals surface area contributed by atoms with E-state index in [9.17, 15) is 14.4 Å². The first-order valence-corrected chi connectivity index (χ1v) is 23.3. The van der Waals surface area contributed by atoms with E-state index < -0.39 is 6.09 Å². The van der Waals surface area contributed by atoms with Crippen LogP contribution in [0, 0.1) is 0 Å². The fourth-order valence-electron chi connectivity index (χ4n) is 6.56. The fraction of sp³-hybridized carbons (Fsp3) is 0.646. The second kappa shape index (κ2) is 38.0. The minimum atomic E-state index is -0.421. The summed E-state index contributed by atoms with van der Waals surface area (Å²) < 4.78 is 77.0. The predicted molar refractivity (Wildman–Crippen MR) is 244 cm³/mol. The number of imide groups is 1. The van der Waals surface area contributed by atoms with E-state index in [0.29, 0.717) is 185 Å². The lowest BCUT2D eigenvalue weighted by Gasteiger charge is -2.14. The molecule has 1 aliphatic carbocycles. The number of amides is 3. The Labute approximate surface area is 394 Å². The molecule has 2 aromatic carbocycles. The van der Waals surface area contributed by atoms with Gasteiger partial charge in [0, 0.05) is 31.2 Å². The Balaban J connectivity index is 0.743. The van der Waals surface area contributed by atoms with E-state index in [-0.39, 0.29) is 30.9 Å². The molecule has 19 heteroatoms. The molecule has 0 fully saturated rings. The molecule has 0 spiro atoms. The van der Waals surface area contributed by atoms with Gasteiger partial charge in [-0.15, -0.1) is 0 Å². The zero-order chi connectivity index (χ0) is 47.1.